The smallest absolute Gasteiger partial charge is 0.305 e. The second-order valence-electron chi connectivity index (χ2n) is 12.8. The van der Waals surface area contributed by atoms with Crippen molar-refractivity contribution in [3.05, 3.63) is 36.3 Å². The minimum absolute atomic E-state index is 0.0277. The lowest BCUT2D eigenvalue weighted by Crippen LogP contribution is -2.70. The molecule has 3 saturated carbocycles. The van der Waals surface area contributed by atoms with E-state index in [1.807, 2.05) is 19.9 Å². The first kappa shape index (κ1) is 23.2. The molecule has 2 heterocycles. The summed E-state index contributed by atoms with van der Waals surface area (Å²) in [4.78, 5) is 39.5. The second-order valence-corrected chi connectivity index (χ2v) is 12.8. The normalized spacial score (nSPS) is 49.0. The number of Topliss-reactive ketones (excluding diaryl/α,β-unsaturated/α-hetero) is 1. The monoisotopic (exact) mass is 480 g/mol. The van der Waals surface area contributed by atoms with Gasteiger partial charge in [0.1, 0.15) is 17.8 Å². The van der Waals surface area contributed by atoms with Gasteiger partial charge in [0.25, 0.3) is 0 Å². The van der Waals surface area contributed by atoms with Gasteiger partial charge < -0.3 is 13.9 Å². The third-order valence-electron chi connectivity index (χ3n) is 11.3. The zero-order valence-corrected chi connectivity index (χ0v) is 21.6. The molecule has 6 heteroatoms. The summed E-state index contributed by atoms with van der Waals surface area (Å²) in [6.07, 6.45) is 8.81. The average molecular weight is 481 g/mol. The van der Waals surface area contributed by atoms with Gasteiger partial charge in [0.05, 0.1) is 18.4 Å². The van der Waals surface area contributed by atoms with Gasteiger partial charge in [-0.25, -0.2) is 0 Å². The van der Waals surface area contributed by atoms with Crippen LogP contribution in [-0.4, -0.2) is 35.3 Å². The van der Waals surface area contributed by atoms with Crippen LogP contribution in [0.25, 0.3) is 0 Å². The predicted octanol–water partition coefficient (Wildman–Crippen LogP) is 5.02. The quantitative estimate of drug-likeness (QED) is 0.446. The molecule has 35 heavy (non-hydrogen) atoms. The van der Waals surface area contributed by atoms with Crippen molar-refractivity contribution >= 4 is 17.5 Å². The number of hydrogen-bond donors (Lipinski definition) is 0. The van der Waals surface area contributed by atoms with Gasteiger partial charge in [-0.05, 0) is 48.7 Å². The van der Waals surface area contributed by atoms with Gasteiger partial charge in [0.15, 0.2) is 11.6 Å². The van der Waals surface area contributed by atoms with Crippen molar-refractivity contribution in [1.82, 2.24) is 0 Å². The van der Waals surface area contributed by atoms with Crippen molar-refractivity contribution in [2.75, 3.05) is 0 Å². The van der Waals surface area contributed by atoms with Crippen molar-refractivity contribution in [2.24, 2.45) is 33.5 Å². The number of hydrogen-bond acceptors (Lipinski definition) is 6. The first-order chi connectivity index (χ1) is 16.4. The molecule has 0 bridgehead atoms. The number of rotatable bonds is 3. The summed E-state index contributed by atoms with van der Waals surface area (Å²) in [6.45, 7) is 12.5. The van der Waals surface area contributed by atoms with Crippen molar-refractivity contribution in [2.45, 2.75) is 91.0 Å². The molecule has 1 aromatic heterocycles. The number of carbonyl (C=O) groups excluding carboxylic acids is 3. The minimum atomic E-state index is -0.714. The summed E-state index contributed by atoms with van der Waals surface area (Å²) in [5, 5.41) is 0. The molecule has 6 rings (SSSR count). The van der Waals surface area contributed by atoms with Crippen molar-refractivity contribution < 1.29 is 28.3 Å². The molecule has 188 valence electrons. The van der Waals surface area contributed by atoms with E-state index in [1.54, 1.807) is 25.5 Å². The molecule has 1 aliphatic heterocycles. The Morgan fingerprint density at radius 2 is 1.89 bits per heavy atom. The predicted molar refractivity (Wildman–Crippen MR) is 127 cm³/mol. The van der Waals surface area contributed by atoms with Gasteiger partial charge in [0, 0.05) is 28.2 Å². The van der Waals surface area contributed by atoms with Crippen molar-refractivity contribution in [3.8, 4) is 0 Å². The molecule has 0 N–H and O–H groups in total. The van der Waals surface area contributed by atoms with Gasteiger partial charge in [-0.15, -0.1) is 0 Å². The SMILES string of the molecule is CCC(=O)O[C@@H]1C[C@H]2C(C)(C)C(=O)C=C[C@]2(C)[C@H]2CC[C@@]3(C)[C@H](c4ccoc4)C(=O)[C@H]4O[C@]43[C@@]21C. The first-order valence-corrected chi connectivity index (χ1v) is 13.1. The highest BCUT2D eigenvalue weighted by Crippen LogP contribution is 2.81. The van der Waals surface area contributed by atoms with Crippen LogP contribution >= 0.6 is 0 Å². The number of esters is 1. The molecule has 6 nitrogen and oxygen atoms in total. The molecule has 4 aliphatic carbocycles. The summed E-state index contributed by atoms with van der Waals surface area (Å²) in [5.74, 6) is -0.185. The Balaban J connectivity index is 1.54. The molecule has 1 saturated heterocycles. The van der Waals surface area contributed by atoms with E-state index in [9.17, 15) is 14.4 Å². The maximum Gasteiger partial charge on any atom is 0.305 e. The van der Waals surface area contributed by atoms with Crippen LogP contribution in [0, 0.1) is 33.5 Å². The molecule has 0 aromatic carbocycles. The van der Waals surface area contributed by atoms with Crippen LogP contribution in [0.1, 0.15) is 78.7 Å². The van der Waals surface area contributed by atoms with E-state index in [-0.39, 0.29) is 47.1 Å². The second kappa shape index (κ2) is 6.76. The number of fused-ring (bicyclic) bond motifs is 3. The van der Waals surface area contributed by atoms with Crippen LogP contribution in [0.4, 0.5) is 0 Å². The highest BCUT2D eigenvalue weighted by molar-refractivity contribution is 5.99. The third kappa shape index (κ3) is 2.43. The number of ketones is 2. The maximum atomic E-state index is 13.8. The fourth-order valence-corrected chi connectivity index (χ4v) is 9.59. The van der Waals surface area contributed by atoms with E-state index in [0.717, 1.165) is 18.4 Å². The Morgan fingerprint density at radius 1 is 1.14 bits per heavy atom. The van der Waals surface area contributed by atoms with Gasteiger partial charge in [0.2, 0.25) is 0 Å². The highest BCUT2D eigenvalue weighted by atomic mass is 16.6. The number of allylic oxidation sites excluding steroid dienone is 2. The van der Waals surface area contributed by atoms with E-state index in [1.165, 1.54) is 0 Å². The number of epoxide rings is 1. The van der Waals surface area contributed by atoms with E-state index in [2.05, 4.69) is 26.8 Å². The molecular formula is C29H36O6. The molecule has 0 amide bonds. The summed E-state index contributed by atoms with van der Waals surface area (Å²) >= 11 is 0. The number of carbonyl (C=O) groups is 3. The lowest BCUT2D eigenvalue weighted by atomic mass is 9.36. The van der Waals surface area contributed by atoms with E-state index in [4.69, 9.17) is 13.9 Å². The fourth-order valence-electron chi connectivity index (χ4n) is 9.59. The van der Waals surface area contributed by atoms with Gasteiger partial charge in [-0.2, -0.15) is 0 Å². The van der Waals surface area contributed by atoms with Gasteiger partial charge in [-0.1, -0.05) is 47.6 Å². The van der Waals surface area contributed by atoms with Crippen LogP contribution in [-0.2, 0) is 23.9 Å². The Hall–Kier alpha value is -2.21. The molecule has 5 aliphatic rings. The van der Waals surface area contributed by atoms with E-state index < -0.39 is 34.1 Å². The number of ether oxygens (including phenoxy) is 2. The summed E-state index contributed by atoms with van der Waals surface area (Å²) < 4.78 is 18.2. The first-order valence-electron chi connectivity index (χ1n) is 13.1. The van der Waals surface area contributed by atoms with Crippen LogP contribution in [0.2, 0.25) is 0 Å². The Kier molecular flexibility index (Phi) is 4.48. The highest BCUT2D eigenvalue weighted by Gasteiger charge is 2.89. The minimum Gasteiger partial charge on any atom is -0.472 e. The summed E-state index contributed by atoms with van der Waals surface area (Å²) in [6, 6.07) is 1.89. The van der Waals surface area contributed by atoms with E-state index >= 15 is 0 Å². The standard InChI is InChI=1S/C29H36O6/c1-7-21(31)34-20-14-18-25(2,3)19(30)9-11-26(18,4)17-8-12-27(5)22(16-10-13-33-15-16)23(32)24-29(27,35-24)28(17,20)6/h9-11,13,15,17-18,20,22,24H,7-8,12,14H2,1-6H3/t17-,18+,20-,22-,24-,26-,27+,28+,29-/m1/s1. The summed E-state index contributed by atoms with van der Waals surface area (Å²) in [7, 11) is 0. The molecule has 1 aromatic rings. The maximum absolute atomic E-state index is 13.8. The van der Waals surface area contributed by atoms with Crippen LogP contribution in [0.5, 0.6) is 0 Å². The Bertz CT molecular complexity index is 1150. The zero-order chi connectivity index (χ0) is 25.2. The molecular weight excluding hydrogens is 444 g/mol. The van der Waals surface area contributed by atoms with Gasteiger partial charge in [-0.3, -0.25) is 14.4 Å². The molecule has 1 spiro atoms. The van der Waals surface area contributed by atoms with Crippen LogP contribution < -0.4 is 0 Å². The molecule has 0 unspecified atom stereocenters. The lowest BCUT2D eigenvalue weighted by Gasteiger charge is -2.67. The zero-order valence-electron chi connectivity index (χ0n) is 21.6. The van der Waals surface area contributed by atoms with Crippen molar-refractivity contribution in [3.63, 3.8) is 0 Å². The lowest BCUT2D eigenvalue weighted by molar-refractivity contribution is -0.233. The van der Waals surface area contributed by atoms with Crippen LogP contribution in [0.3, 0.4) is 0 Å². The Labute approximate surface area is 206 Å². The largest absolute Gasteiger partial charge is 0.472 e. The van der Waals surface area contributed by atoms with E-state index in [0.29, 0.717) is 6.42 Å². The molecule has 4 fully saturated rings. The average Bonchev–Trinajstić information content (AvgIpc) is 3.29. The molecule has 0 radical (unpaired) electrons. The fraction of sp³-hybridized carbons (Fsp3) is 0.690. The van der Waals surface area contributed by atoms with Crippen molar-refractivity contribution in [1.29, 1.82) is 0 Å². The third-order valence-corrected chi connectivity index (χ3v) is 11.3. The van der Waals surface area contributed by atoms with Crippen LogP contribution in [0.15, 0.2) is 35.2 Å². The molecule has 9 atom stereocenters. The number of furan rings is 1. The summed E-state index contributed by atoms with van der Waals surface area (Å²) in [5.41, 5.74) is -1.66. The topological polar surface area (TPSA) is 86.1 Å². The van der Waals surface area contributed by atoms with Gasteiger partial charge >= 0.3 is 5.97 Å². The Morgan fingerprint density at radius 3 is 2.54 bits per heavy atom.